The summed E-state index contributed by atoms with van der Waals surface area (Å²) in [4.78, 5) is 11.0. The summed E-state index contributed by atoms with van der Waals surface area (Å²) in [7, 11) is 0. The van der Waals surface area contributed by atoms with Crippen LogP contribution in [0.5, 0.6) is 0 Å². The van der Waals surface area contributed by atoms with Gasteiger partial charge in [-0.15, -0.1) is 0 Å². The zero-order valence-electron chi connectivity index (χ0n) is 9.55. The van der Waals surface area contributed by atoms with Gasteiger partial charge in [0, 0.05) is 6.54 Å². The Bertz CT molecular complexity index is 163. The standard InChI is InChI=1S/C10H21NO3/c1-5-6-11-7-8-13-9(12)14-10(2,3)4/h11H,5-8H2,1-4H3. The van der Waals surface area contributed by atoms with Gasteiger partial charge >= 0.3 is 6.16 Å². The molecule has 0 saturated carbocycles. The lowest BCUT2D eigenvalue weighted by Gasteiger charge is -2.18. The smallest absolute Gasteiger partial charge is 0.433 e. The minimum atomic E-state index is -0.601. The average Bonchev–Trinajstić information content (AvgIpc) is 2.00. The SMILES string of the molecule is CCCNCCOC(=O)OC(C)(C)C. The summed E-state index contributed by atoms with van der Waals surface area (Å²) in [5, 5.41) is 3.12. The molecule has 0 rings (SSSR count). The van der Waals surface area contributed by atoms with Crippen LogP contribution in [0.2, 0.25) is 0 Å². The highest BCUT2D eigenvalue weighted by Crippen LogP contribution is 2.07. The third kappa shape index (κ3) is 9.32. The van der Waals surface area contributed by atoms with Crippen LogP contribution in [0.1, 0.15) is 34.1 Å². The van der Waals surface area contributed by atoms with Gasteiger partial charge in [0.15, 0.2) is 0 Å². The predicted molar refractivity (Wildman–Crippen MR) is 55.3 cm³/mol. The molecule has 0 spiro atoms. The Labute approximate surface area is 86.0 Å². The first-order valence-electron chi connectivity index (χ1n) is 5.02. The molecule has 1 N–H and O–H groups in total. The van der Waals surface area contributed by atoms with E-state index in [4.69, 9.17) is 9.47 Å². The molecule has 0 amide bonds. The maximum Gasteiger partial charge on any atom is 0.508 e. The van der Waals surface area contributed by atoms with Crippen molar-refractivity contribution in [2.45, 2.75) is 39.7 Å². The third-order valence-electron chi connectivity index (χ3n) is 1.32. The van der Waals surface area contributed by atoms with E-state index < -0.39 is 11.8 Å². The fourth-order valence-electron chi connectivity index (χ4n) is 0.788. The van der Waals surface area contributed by atoms with Crippen LogP contribution >= 0.6 is 0 Å². The third-order valence-corrected chi connectivity index (χ3v) is 1.32. The number of ether oxygens (including phenoxy) is 2. The highest BCUT2D eigenvalue weighted by Gasteiger charge is 2.16. The molecule has 0 aliphatic heterocycles. The largest absolute Gasteiger partial charge is 0.508 e. The fraction of sp³-hybridized carbons (Fsp3) is 0.900. The summed E-state index contributed by atoms with van der Waals surface area (Å²) in [5.74, 6) is 0. The van der Waals surface area contributed by atoms with E-state index in [2.05, 4.69) is 12.2 Å². The van der Waals surface area contributed by atoms with E-state index in [1.54, 1.807) is 0 Å². The number of nitrogens with one attached hydrogen (secondary N) is 1. The van der Waals surface area contributed by atoms with Crippen LogP contribution in [0.25, 0.3) is 0 Å². The first-order valence-corrected chi connectivity index (χ1v) is 5.02. The number of carbonyl (C=O) groups excluding carboxylic acids is 1. The molecule has 84 valence electrons. The molecule has 0 aromatic rings. The molecule has 0 aromatic heterocycles. The lowest BCUT2D eigenvalue weighted by atomic mass is 10.2. The second-order valence-electron chi connectivity index (χ2n) is 4.06. The molecule has 0 heterocycles. The predicted octanol–water partition coefficient (Wildman–Crippen LogP) is 1.94. The lowest BCUT2D eigenvalue weighted by molar-refractivity contribution is -0.00656. The van der Waals surface area contributed by atoms with Crippen molar-refractivity contribution in [3.05, 3.63) is 0 Å². The van der Waals surface area contributed by atoms with Gasteiger partial charge < -0.3 is 14.8 Å². The van der Waals surface area contributed by atoms with Crippen molar-refractivity contribution in [2.24, 2.45) is 0 Å². The van der Waals surface area contributed by atoms with Gasteiger partial charge in [0.2, 0.25) is 0 Å². The summed E-state index contributed by atoms with van der Waals surface area (Å²) < 4.78 is 9.80. The molecular formula is C10H21NO3. The number of carbonyl (C=O) groups is 1. The highest BCUT2D eigenvalue weighted by atomic mass is 16.7. The molecule has 0 aliphatic carbocycles. The van der Waals surface area contributed by atoms with Crippen molar-refractivity contribution in [3.8, 4) is 0 Å². The molecule has 0 saturated heterocycles. The van der Waals surface area contributed by atoms with E-state index in [1.807, 2.05) is 20.8 Å². The van der Waals surface area contributed by atoms with Gasteiger partial charge in [-0.05, 0) is 33.7 Å². The first kappa shape index (κ1) is 13.2. The van der Waals surface area contributed by atoms with Gasteiger partial charge in [-0.25, -0.2) is 4.79 Å². The highest BCUT2D eigenvalue weighted by molar-refractivity contribution is 5.60. The van der Waals surface area contributed by atoms with Crippen molar-refractivity contribution in [1.29, 1.82) is 0 Å². The average molecular weight is 203 g/mol. The van der Waals surface area contributed by atoms with Crippen LogP contribution in [-0.2, 0) is 9.47 Å². The Morgan fingerprint density at radius 1 is 1.29 bits per heavy atom. The second-order valence-corrected chi connectivity index (χ2v) is 4.06. The zero-order chi connectivity index (χ0) is 11.0. The Kier molecular flexibility index (Phi) is 6.28. The van der Waals surface area contributed by atoms with Crippen molar-refractivity contribution >= 4 is 6.16 Å². The Hall–Kier alpha value is -0.770. The summed E-state index contributed by atoms with van der Waals surface area (Å²) in [6.07, 6.45) is 0.475. The fourth-order valence-corrected chi connectivity index (χ4v) is 0.788. The normalized spacial score (nSPS) is 11.1. The van der Waals surface area contributed by atoms with Crippen LogP contribution in [0.15, 0.2) is 0 Å². The summed E-state index contributed by atoms with van der Waals surface area (Å²) >= 11 is 0. The number of hydrogen-bond acceptors (Lipinski definition) is 4. The van der Waals surface area contributed by atoms with Crippen molar-refractivity contribution in [1.82, 2.24) is 5.32 Å². The summed E-state index contributed by atoms with van der Waals surface area (Å²) in [6, 6.07) is 0. The van der Waals surface area contributed by atoms with E-state index in [1.165, 1.54) is 0 Å². The molecule has 14 heavy (non-hydrogen) atoms. The van der Waals surface area contributed by atoms with E-state index >= 15 is 0 Å². The molecule has 0 atom stereocenters. The molecule has 0 unspecified atom stereocenters. The molecule has 0 bridgehead atoms. The molecule has 0 fully saturated rings. The van der Waals surface area contributed by atoms with Gasteiger partial charge in [0.25, 0.3) is 0 Å². The zero-order valence-corrected chi connectivity index (χ0v) is 9.55. The minimum Gasteiger partial charge on any atom is -0.433 e. The van der Waals surface area contributed by atoms with Gasteiger partial charge in [-0.1, -0.05) is 6.92 Å². The topological polar surface area (TPSA) is 47.6 Å². The Morgan fingerprint density at radius 3 is 2.43 bits per heavy atom. The maximum absolute atomic E-state index is 11.0. The van der Waals surface area contributed by atoms with E-state index in [9.17, 15) is 4.79 Å². The molecular weight excluding hydrogens is 182 g/mol. The lowest BCUT2D eigenvalue weighted by Crippen LogP contribution is -2.27. The van der Waals surface area contributed by atoms with Gasteiger partial charge in [-0.2, -0.15) is 0 Å². The van der Waals surface area contributed by atoms with Crippen LogP contribution in [-0.4, -0.2) is 31.5 Å². The van der Waals surface area contributed by atoms with Crippen LogP contribution < -0.4 is 5.32 Å². The molecule has 0 aliphatic rings. The molecule has 0 radical (unpaired) electrons. The maximum atomic E-state index is 11.0. The van der Waals surface area contributed by atoms with Gasteiger partial charge in [0.05, 0.1) is 0 Å². The quantitative estimate of drug-likeness (QED) is 0.548. The summed E-state index contributed by atoms with van der Waals surface area (Å²) in [6.45, 7) is 9.48. The number of hydrogen-bond donors (Lipinski definition) is 1. The van der Waals surface area contributed by atoms with Crippen molar-refractivity contribution < 1.29 is 14.3 Å². The van der Waals surface area contributed by atoms with Gasteiger partial charge in [0.1, 0.15) is 12.2 Å². The molecule has 4 nitrogen and oxygen atoms in total. The minimum absolute atomic E-state index is 0.356. The van der Waals surface area contributed by atoms with Crippen LogP contribution in [0.3, 0.4) is 0 Å². The van der Waals surface area contributed by atoms with E-state index in [0.717, 1.165) is 13.0 Å². The first-order chi connectivity index (χ1) is 6.45. The second kappa shape index (κ2) is 6.65. The van der Waals surface area contributed by atoms with Crippen LogP contribution in [0.4, 0.5) is 4.79 Å². The van der Waals surface area contributed by atoms with Crippen molar-refractivity contribution in [3.63, 3.8) is 0 Å². The monoisotopic (exact) mass is 203 g/mol. The number of rotatable bonds is 5. The van der Waals surface area contributed by atoms with Crippen LogP contribution in [0, 0.1) is 0 Å². The summed E-state index contributed by atoms with van der Waals surface area (Å²) in [5.41, 5.74) is -0.478. The molecule has 4 heteroatoms. The molecule has 0 aromatic carbocycles. The van der Waals surface area contributed by atoms with Crippen molar-refractivity contribution in [2.75, 3.05) is 19.7 Å². The Morgan fingerprint density at radius 2 is 1.93 bits per heavy atom. The van der Waals surface area contributed by atoms with E-state index in [0.29, 0.717) is 13.2 Å². The van der Waals surface area contributed by atoms with Gasteiger partial charge in [-0.3, -0.25) is 0 Å². The van der Waals surface area contributed by atoms with E-state index in [-0.39, 0.29) is 0 Å². The Balaban J connectivity index is 3.36.